The van der Waals surface area contributed by atoms with Gasteiger partial charge in [-0.05, 0) is 24.6 Å². The monoisotopic (exact) mass is 422 g/mol. The Balaban J connectivity index is 2.04. The number of nitrogens with zero attached hydrogens (tertiary/aromatic N) is 4. The van der Waals surface area contributed by atoms with Crippen molar-refractivity contribution in [3.63, 3.8) is 0 Å². The zero-order valence-corrected chi connectivity index (χ0v) is 16.7. The van der Waals surface area contributed by atoms with Crippen LogP contribution >= 0.6 is 0 Å². The number of pyridine rings is 1. The van der Waals surface area contributed by atoms with E-state index in [2.05, 4.69) is 10.1 Å². The number of halogens is 2. The number of hydrogen-bond acceptors (Lipinski definition) is 5. The molecule has 0 N–H and O–H groups in total. The van der Waals surface area contributed by atoms with Crippen LogP contribution in [0, 0.1) is 6.92 Å². The van der Waals surface area contributed by atoms with Crippen molar-refractivity contribution in [1.82, 2.24) is 19.1 Å². The third-order valence-corrected chi connectivity index (χ3v) is 6.32. The first-order chi connectivity index (χ1) is 13.8. The summed E-state index contributed by atoms with van der Waals surface area (Å²) in [6.45, 7) is -1.63. The minimum absolute atomic E-state index is 0.00746. The van der Waals surface area contributed by atoms with Crippen molar-refractivity contribution in [3.05, 3.63) is 71.8 Å². The van der Waals surface area contributed by atoms with Crippen molar-refractivity contribution in [2.24, 2.45) is 0 Å². The molecular formula is C19H20F2N4O3S. The molecule has 3 aromatic rings. The maximum atomic E-state index is 13.4. The molecule has 0 radical (unpaired) electrons. The van der Waals surface area contributed by atoms with E-state index in [0.29, 0.717) is 21.6 Å². The van der Waals surface area contributed by atoms with Gasteiger partial charge in [-0.3, -0.25) is 4.98 Å². The molecule has 0 atom stereocenters. The highest BCUT2D eigenvalue weighted by Crippen LogP contribution is 2.28. The molecule has 10 heteroatoms. The van der Waals surface area contributed by atoms with Crippen LogP contribution in [0.15, 0.2) is 59.9 Å². The molecule has 2 heterocycles. The number of para-hydroxylation sites is 1. The Morgan fingerprint density at radius 2 is 1.90 bits per heavy atom. The molecule has 29 heavy (non-hydrogen) atoms. The second-order valence-corrected chi connectivity index (χ2v) is 8.17. The van der Waals surface area contributed by atoms with Crippen molar-refractivity contribution in [2.45, 2.75) is 31.5 Å². The van der Waals surface area contributed by atoms with Crippen LogP contribution in [0.1, 0.15) is 23.4 Å². The van der Waals surface area contributed by atoms with Gasteiger partial charge in [0.1, 0.15) is 10.6 Å². The fourth-order valence-electron chi connectivity index (χ4n) is 2.94. The Labute approximate surface area is 167 Å². The summed E-state index contributed by atoms with van der Waals surface area (Å²) in [7, 11) is -2.64. The van der Waals surface area contributed by atoms with Gasteiger partial charge in [0.25, 0.3) is 0 Å². The van der Waals surface area contributed by atoms with Gasteiger partial charge in [-0.2, -0.15) is 18.2 Å². The Morgan fingerprint density at radius 1 is 1.14 bits per heavy atom. The Hall–Kier alpha value is -2.85. The van der Waals surface area contributed by atoms with Crippen LogP contribution < -0.4 is 4.74 Å². The normalized spacial score (nSPS) is 11.9. The van der Waals surface area contributed by atoms with Crippen LogP contribution in [-0.4, -0.2) is 34.6 Å². The Bertz CT molecular complexity index is 1070. The molecule has 7 nitrogen and oxygen atoms in total. The van der Waals surface area contributed by atoms with Crippen molar-refractivity contribution < 1.29 is 21.9 Å². The molecular weight excluding hydrogens is 402 g/mol. The first-order valence-electron chi connectivity index (χ1n) is 8.67. The molecule has 0 spiro atoms. The molecule has 0 fully saturated rings. The summed E-state index contributed by atoms with van der Waals surface area (Å²) < 4.78 is 59.8. The quantitative estimate of drug-likeness (QED) is 0.556. The van der Waals surface area contributed by atoms with E-state index in [1.165, 1.54) is 18.3 Å². The maximum Gasteiger partial charge on any atom is 0.333 e. The van der Waals surface area contributed by atoms with Gasteiger partial charge in [0, 0.05) is 31.0 Å². The van der Waals surface area contributed by atoms with Crippen molar-refractivity contribution in [1.29, 1.82) is 0 Å². The average Bonchev–Trinajstić information content (AvgIpc) is 3.11. The maximum absolute atomic E-state index is 13.4. The smallest absolute Gasteiger partial charge is 0.333 e. The van der Waals surface area contributed by atoms with Gasteiger partial charge in [0.05, 0.1) is 19.0 Å². The molecule has 0 aliphatic carbocycles. The van der Waals surface area contributed by atoms with E-state index in [1.54, 1.807) is 48.8 Å². The summed E-state index contributed by atoms with van der Waals surface area (Å²) in [6, 6.07) is 10.5. The van der Waals surface area contributed by atoms with E-state index < -0.39 is 16.6 Å². The molecule has 0 aliphatic heterocycles. The topological polar surface area (TPSA) is 77.3 Å². The fourth-order valence-corrected chi connectivity index (χ4v) is 4.49. The highest BCUT2D eigenvalue weighted by molar-refractivity contribution is 7.89. The highest BCUT2D eigenvalue weighted by atomic mass is 32.2. The first kappa shape index (κ1) is 20.9. The second-order valence-electron chi connectivity index (χ2n) is 6.26. The molecule has 3 rings (SSSR count). The van der Waals surface area contributed by atoms with E-state index in [9.17, 15) is 17.2 Å². The van der Waals surface area contributed by atoms with E-state index in [0.717, 1.165) is 6.20 Å². The number of benzene rings is 1. The second kappa shape index (κ2) is 8.66. The zero-order chi connectivity index (χ0) is 21.0. The predicted octanol–water partition coefficient (Wildman–Crippen LogP) is 3.38. The molecule has 0 saturated heterocycles. The van der Waals surface area contributed by atoms with E-state index in [-0.39, 0.29) is 23.7 Å². The van der Waals surface area contributed by atoms with Crippen LogP contribution in [-0.2, 0) is 23.1 Å². The standard InChI is InChI=1S/C19H20F2N4O3S/c1-14-18(11-23-25(14)19(20)21)29(26,27)24(12-15-6-5-9-22-10-15)13-16-7-3-4-8-17(16)28-2/h3-11,19H,12-13H2,1-2H3. The lowest BCUT2D eigenvalue weighted by atomic mass is 10.2. The third-order valence-electron chi connectivity index (χ3n) is 4.42. The Kier molecular flexibility index (Phi) is 6.23. The molecule has 0 unspecified atom stereocenters. The summed E-state index contributed by atoms with van der Waals surface area (Å²) >= 11 is 0. The number of alkyl halides is 2. The van der Waals surface area contributed by atoms with Crippen LogP contribution in [0.4, 0.5) is 8.78 Å². The van der Waals surface area contributed by atoms with E-state index >= 15 is 0 Å². The molecule has 154 valence electrons. The molecule has 0 saturated carbocycles. The van der Waals surface area contributed by atoms with E-state index in [1.807, 2.05) is 0 Å². The van der Waals surface area contributed by atoms with E-state index in [4.69, 9.17) is 4.74 Å². The summed E-state index contributed by atoms with van der Waals surface area (Å²) in [4.78, 5) is 3.75. The van der Waals surface area contributed by atoms with Crippen LogP contribution in [0.25, 0.3) is 0 Å². The minimum atomic E-state index is -4.13. The average molecular weight is 422 g/mol. The van der Waals surface area contributed by atoms with Crippen molar-refractivity contribution in [3.8, 4) is 5.75 Å². The number of sulfonamides is 1. The van der Waals surface area contributed by atoms with Crippen molar-refractivity contribution in [2.75, 3.05) is 7.11 Å². The number of rotatable bonds is 8. The number of hydrogen-bond donors (Lipinski definition) is 0. The fraction of sp³-hybridized carbons (Fsp3) is 0.263. The highest BCUT2D eigenvalue weighted by Gasteiger charge is 2.30. The predicted molar refractivity (Wildman–Crippen MR) is 102 cm³/mol. The van der Waals surface area contributed by atoms with Gasteiger partial charge in [0.15, 0.2) is 0 Å². The largest absolute Gasteiger partial charge is 0.496 e. The molecule has 2 aromatic heterocycles. The van der Waals surface area contributed by atoms with Crippen molar-refractivity contribution >= 4 is 10.0 Å². The zero-order valence-electron chi connectivity index (χ0n) is 15.9. The number of aromatic nitrogens is 3. The van der Waals surface area contributed by atoms with Gasteiger partial charge in [-0.15, -0.1) is 0 Å². The van der Waals surface area contributed by atoms with Gasteiger partial charge < -0.3 is 4.74 Å². The lowest BCUT2D eigenvalue weighted by Crippen LogP contribution is -2.31. The third kappa shape index (κ3) is 4.43. The molecule has 1 aromatic carbocycles. The van der Waals surface area contributed by atoms with Gasteiger partial charge in [-0.1, -0.05) is 24.3 Å². The summed E-state index contributed by atoms with van der Waals surface area (Å²) in [5.41, 5.74) is 1.17. The molecule has 0 aliphatic rings. The summed E-state index contributed by atoms with van der Waals surface area (Å²) in [6.07, 6.45) is 4.09. The molecule has 0 amide bonds. The lowest BCUT2D eigenvalue weighted by Gasteiger charge is -2.23. The summed E-state index contributed by atoms with van der Waals surface area (Å²) in [5, 5.41) is 3.54. The molecule has 0 bridgehead atoms. The van der Waals surface area contributed by atoms with Gasteiger partial charge in [-0.25, -0.2) is 13.1 Å². The first-order valence-corrected chi connectivity index (χ1v) is 10.1. The van der Waals surface area contributed by atoms with Crippen LogP contribution in [0.3, 0.4) is 0 Å². The van der Waals surface area contributed by atoms with Gasteiger partial charge >= 0.3 is 6.55 Å². The minimum Gasteiger partial charge on any atom is -0.496 e. The SMILES string of the molecule is COc1ccccc1CN(Cc1cccnc1)S(=O)(=O)c1cnn(C(F)F)c1C. The Morgan fingerprint density at radius 3 is 2.52 bits per heavy atom. The number of methoxy groups -OCH3 is 1. The summed E-state index contributed by atoms with van der Waals surface area (Å²) in [5.74, 6) is 0.527. The van der Waals surface area contributed by atoms with Gasteiger partial charge in [0.2, 0.25) is 10.0 Å². The van der Waals surface area contributed by atoms with Crippen LogP contribution in [0.2, 0.25) is 0 Å². The number of ether oxygens (including phenoxy) is 1. The lowest BCUT2D eigenvalue weighted by molar-refractivity contribution is 0.0541. The van der Waals surface area contributed by atoms with Crippen LogP contribution in [0.5, 0.6) is 5.75 Å².